The highest BCUT2D eigenvalue weighted by Gasteiger charge is 2.39. The maximum atomic E-state index is 13.3. The van der Waals surface area contributed by atoms with Gasteiger partial charge in [-0.15, -0.1) is 0 Å². The number of nitrogens with zero attached hydrogens (tertiary/aromatic N) is 1. The molecule has 1 fully saturated rings. The molecule has 1 atom stereocenters. The number of halogens is 3. The van der Waals surface area contributed by atoms with Crippen molar-refractivity contribution in [3.8, 4) is 0 Å². The number of rotatable bonds is 6. The Bertz CT molecular complexity index is 766. The van der Waals surface area contributed by atoms with Gasteiger partial charge in [0, 0.05) is 31.8 Å². The third-order valence-corrected chi connectivity index (χ3v) is 6.30. The zero-order valence-corrected chi connectivity index (χ0v) is 21.8. The number of amides is 2. The molecule has 0 saturated carbocycles. The van der Waals surface area contributed by atoms with Crippen LogP contribution in [0.5, 0.6) is 0 Å². The highest BCUT2D eigenvalue weighted by atomic mass is 19.4. The number of Topliss-reactive ketones (excluding diaryl/α,β-unsaturated/α-hetero) is 1. The molecule has 0 bridgehead atoms. The molecule has 1 aliphatic rings. The van der Waals surface area contributed by atoms with Crippen LogP contribution in [0.2, 0.25) is 0 Å². The molecule has 0 aromatic heterocycles. The fourth-order valence-electron chi connectivity index (χ4n) is 3.98. The predicted octanol–water partition coefficient (Wildman–Crippen LogP) is 2.78. The standard InChI is InChI=1S/C22H41N5O3.C2HF3O2/c1-3-22(4-2)18(28)16-17(12-11-15-26-21(23)24)20(30)25-14-10-8-6-5-7-9-13-19(29)27-22;3-2(4,5)1(6)7/h17H,3-16H2,1-2H3,(H,25,30)(H,27,29)(H4,23,24,26);(H,6,7)/t17-;/m1./s1. The van der Waals surface area contributed by atoms with Gasteiger partial charge < -0.3 is 27.2 Å². The lowest BCUT2D eigenvalue weighted by Gasteiger charge is -2.33. The summed E-state index contributed by atoms with van der Waals surface area (Å²) in [7, 11) is 0. The minimum atomic E-state index is -5.08. The predicted molar refractivity (Wildman–Crippen MR) is 134 cm³/mol. The third kappa shape index (κ3) is 14.5. The van der Waals surface area contributed by atoms with Crippen LogP contribution in [-0.4, -0.2) is 59.4 Å². The van der Waals surface area contributed by atoms with Gasteiger partial charge >= 0.3 is 12.1 Å². The van der Waals surface area contributed by atoms with Crippen molar-refractivity contribution in [3.05, 3.63) is 0 Å². The molecule has 13 heteroatoms. The number of nitrogens with one attached hydrogen (secondary N) is 2. The average molecular weight is 538 g/mol. The van der Waals surface area contributed by atoms with Gasteiger partial charge in [0.15, 0.2) is 11.7 Å². The van der Waals surface area contributed by atoms with E-state index in [1.165, 1.54) is 0 Å². The SMILES string of the molecule is CCC1(CC)NC(=O)CCCCCCCCNC(=O)[C@H](CCCN=C(N)N)CC1=O.O=C(O)C(F)(F)F. The average Bonchev–Trinajstić information content (AvgIpc) is 2.82. The number of ketones is 1. The summed E-state index contributed by atoms with van der Waals surface area (Å²) in [6.45, 7) is 4.87. The second-order valence-corrected chi connectivity index (χ2v) is 9.08. The highest BCUT2D eigenvalue weighted by molar-refractivity contribution is 5.95. The van der Waals surface area contributed by atoms with Crippen LogP contribution in [0, 0.1) is 5.92 Å². The molecule has 0 aromatic carbocycles. The van der Waals surface area contributed by atoms with Gasteiger partial charge in [-0.05, 0) is 38.5 Å². The number of nitrogens with two attached hydrogens (primary N) is 2. The van der Waals surface area contributed by atoms with Gasteiger partial charge in [-0.1, -0.05) is 39.5 Å². The first kappa shape index (κ1) is 34.1. The van der Waals surface area contributed by atoms with Crippen LogP contribution in [0.1, 0.15) is 90.9 Å². The van der Waals surface area contributed by atoms with Crippen molar-refractivity contribution in [1.82, 2.24) is 10.6 Å². The summed E-state index contributed by atoms with van der Waals surface area (Å²) >= 11 is 0. The van der Waals surface area contributed by atoms with E-state index in [4.69, 9.17) is 21.4 Å². The van der Waals surface area contributed by atoms with Crippen LogP contribution in [0.15, 0.2) is 4.99 Å². The van der Waals surface area contributed by atoms with Crippen molar-refractivity contribution in [2.24, 2.45) is 22.4 Å². The minimum Gasteiger partial charge on any atom is -0.475 e. The number of carboxylic acids is 1. The number of carbonyl (C=O) groups is 4. The Kier molecular flexibility index (Phi) is 16.2. The normalized spacial score (nSPS) is 20.0. The first-order valence-corrected chi connectivity index (χ1v) is 12.8. The van der Waals surface area contributed by atoms with Crippen molar-refractivity contribution in [2.75, 3.05) is 13.1 Å². The lowest BCUT2D eigenvalue weighted by Crippen LogP contribution is -2.54. The number of carboxylic acid groups (broad SMARTS) is 1. The summed E-state index contributed by atoms with van der Waals surface area (Å²) in [5.74, 6) is -3.44. The Balaban J connectivity index is 0.00000161. The monoisotopic (exact) mass is 537 g/mol. The summed E-state index contributed by atoms with van der Waals surface area (Å²) in [6.07, 6.45) is 3.63. The smallest absolute Gasteiger partial charge is 0.475 e. The number of hydrogen-bond acceptors (Lipinski definition) is 5. The maximum absolute atomic E-state index is 13.3. The lowest BCUT2D eigenvalue weighted by molar-refractivity contribution is -0.192. The van der Waals surface area contributed by atoms with Crippen LogP contribution >= 0.6 is 0 Å². The van der Waals surface area contributed by atoms with Gasteiger partial charge in [-0.25, -0.2) is 4.79 Å². The van der Waals surface area contributed by atoms with Crippen molar-refractivity contribution in [2.45, 2.75) is 103 Å². The second-order valence-electron chi connectivity index (χ2n) is 9.08. The Morgan fingerprint density at radius 2 is 1.59 bits per heavy atom. The summed E-state index contributed by atoms with van der Waals surface area (Å²) in [6, 6.07) is 0. The summed E-state index contributed by atoms with van der Waals surface area (Å²) in [4.78, 5) is 51.4. The molecule has 0 radical (unpaired) electrons. The molecule has 0 unspecified atom stereocenters. The Labute approximate surface area is 216 Å². The molecule has 7 N–H and O–H groups in total. The van der Waals surface area contributed by atoms with Gasteiger partial charge in [0.2, 0.25) is 11.8 Å². The van der Waals surface area contributed by atoms with E-state index in [-0.39, 0.29) is 30.0 Å². The Morgan fingerprint density at radius 3 is 2.11 bits per heavy atom. The van der Waals surface area contributed by atoms with Crippen molar-refractivity contribution >= 4 is 29.5 Å². The molecule has 0 spiro atoms. The summed E-state index contributed by atoms with van der Waals surface area (Å²) in [5.41, 5.74) is 9.82. The van der Waals surface area contributed by atoms with E-state index < -0.39 is 23.6 Å². The topological polar surface area (TPSA) is 177 Å². The van der Waals surface area contributed by atoms with Gasteiger partial charge in [0.05, 0.1) is 5.54 Å². The van der Waals surface area contributed by atoms with Crippen molar-refractivity contribution in [3.63, 3.8) is 0 Å². The molecule has 214 valence electrons. The molecule has 1 rings (SSSR count). The molecular formula is C24H42F3N5O5. The van der Waals surface area contributed by atoms with Crippen LogP contribution < -0.4 is 22.1 Å². The maximum Gasteiger partial charge on any atom is 0.490 e. The fraction of sp³-hybridized carbons (Fsp3) is 0.792. The van der Waals surface area contributed by atoms with Gasteiger partial charge in [0.1, 0.15) is 0 Å². The van der Waals surface area contributed by atoms with Gasteiger partial charge in [-0.3, -0.25) is 19.4 Å². The number of alkyl halides is 3. The first-order valence-electron chi connectivity index (χ1n) is 12.8. The molecule has 0 aromatic rings. The largest absolute Gasteiger partial charge is 0.490 e. The Hall–Kier alpha value is -2.86. The molecule has 1 saturated heterocycles. The van der Waals surface area contributed by atoms with Crippen molar-refractivity contribution in [1.29, 1.82) is 0 Å². The van der Waals surface area contributed by atoms with Gasteiger partial charge in [0.25, 0.3) is 0 Å². The number of aliphatic imine (C=N–C) groups is 1. The lowest BCUT2D eigenvalue weighted by atomic mass is 9.81. The van der Waals surface area contributed by atoms with E-state index in [2.05, 4.69) is 15.6 Å². The second kappa shape index (κ2) is 17.6. The molecule has 2 amide bonds. The van der Waals surface area contributed by atoms with E-state index in [0.29, 0.717) is 45.2 Å². The third-order valence-electron chi connectivity index (χ3n) is 6.30. The van der Waals surface area contributed by atoms with E-state index in [9.17, 15) is 27.6 Å². The molecule has 37 heavy (non-hydrogen) atoms. The van der Waals surface area contributed by atoms with E-state index >= 15 is 0 Å². The fourth-order valence-corrected chi connectivity index (χ4v) is 3.98. The van der Waals surface area contributed by atoms with E-state index in [1.807, 2.05) is 13.8 Å². The van der Waals surface area contributed by atoms with Crippen molar-refractivity contribution < 1.29 is 37.5 Å². The summed E-state index contributed by atoms with van der Waals surface area (Å²) < 4.78 is 31.7. The zero-order valence-electron chi connectivity index (χ0n) is 21.8. The molecule has 1 aliphatic heterocycles. The number of aliphatic carboxylic acids is 1. The van der Waals surface area contributed by atoms with E-state index in [0.717, 1.165) is 38.5 Å². The van der Waals surface area contributed by atoms with Gasteiger partial charge in [-0.2, -0.15) is 13.2 Å². The molecule has 0 aliphatic carbocycles. The van der Waals surface area contributed by atoms with Crippen LogP contribution in [0.4, 0.5) is 13.2 Å². The number of carbonyl (C=O) groups excluding carboxylic acids is 3. The Morgan fingerprint density at radius 1 is 1.05 bits per heavy atom. The summed E-state index contributed by atoms with van der Waals surface area (Å²) in [5, 5.41) is 13.1. The molecule has 10 nitrogen and oxygen atoms in total. The quantitative estimate of drug-likeness (QED) is 0.196. The van der Waals surface area contributed by atoms with Crippen LogP contribution in [-0.2, 0) is 19.2 Å². The van der Waals surface area contributed by atoms with Crippen LogP contribution in [0.25, 0.3) is 0 Å². The number of guanidine groups is 1. The molecular weight excluding hydrogens is 495 g/mol. The zero-order chi connectivity index (χ0) is 28.5. The minimum absolute atomic E-state index is 0.0206. The highest BCUT2D eigenvalue weighted by Crippen LogP contribution is 2.24. The number of hydrogen-bond donors (Lipinski definition) is 5. The first-order chi connectivity index (χ1) is 17.3. The van der Waals surface area contributed by atoms with E-state index in [1.54, 1.807) is 0 Å². The molecule has 1 heterocycles. The van der Waals surface area contributed by atoms with Crippen LogP contribution in [0.3, 0.4) is 0 Å².